The summed E-state index contributed by atoms with van der Waals surface area (Å²) in [4.78, 5) is 44.9. The third-order valence-corrected chi connectivity index (χ3v) is 6.80. The number of anilines is 1. The fourth-order valence-electron chi connectivity index (χ4n) is 3.78. The van der Waals surface area contributed by atoms with Crippen molar-refractivity contribution in [1.82, 2.24) is 14.8 Å². The average molecular weight is 488 g/mol. The van der Waals surface area contributed by atoms with Gasteiger partial charge < -0.3 is 25.6 Å². The second kappa shape index (κ2) is 11.9. The van der Waals surface area contributed by atoms with Gasteiger partial charge in [0.2, 0.25) is 5.91 Å². The Kier molecular flexibility index (Phi) is 9.00. The van der Waals surface area contributed by atoms with E-state index in [4.69, 9.17) is 10.5 Å². The molecule has 4 amide bonds. The summed E-state index contributed by atoms with van der Waals surface area (Å²) >= 11 is 1.34. The summed E-state index contributed by atoms with van der Waals surface area (Å²) in [6.45, 7) is 6.24. The number of hydrogen-bond donors (Lipinski definition) is 2. The summed E-state index contributed by atoms with van der Waals surface area (Å²) in [6.07, 6.45) is 1.14. The highest BCUT2D eigenvalue weighted by molar-refractivity contribution is 7.09. The molecular weight excluding hydrogens is 454 g/mol. The normalized spacial score (nSPS) is 14.3. The second-order valence-electron chi connectivity index (χ2n) is 8.72. The molecule has 1 fully saturated rings. The van der Waals surface area contributed by atoms with Crippen LogP contribution in [0.2, 0.25) is 0 Å². The molecule has 0 radical (unpaired) electrons. The fraction of sp³-hybridized carbons (Fsp3) is 0.500. The SMILES string of the molecule is COCCN(Cc1nc(C(=O)N2CCC(C(N)=O)CC2)cs1)C(=O)Nc1ccc(C(C)C)cc1. The minimum Gasteiger partial charge on any atom is -0.383 e. The van der Waals surface area contributed by atoms with Gasteiger partial charge in [0.05, 0.1) is 13.2 Å². The molecular formula is C24H33N5O4S. The molecule has 10 heteroatoms. The summed E-state index contributed by atoms with van der Waals surface area (Å²) in [7, 11) is 1.59. The van der Waals surface area contributed by atoms with E-state index in [1.54, 1.807) is 22.3 Å². The molecule has 0 aliphatic carbocycles. The molecule has 3 rings (SSSR count). The summed E-state index contributed by atoms with van der Waals surface area (Å²) < 4.78 is 5.17. The second-order valence-corrected chi connectivity index (χ2v) is 9.66. The maximum atomic E-state index is 12.9. The predicted molar refractivity (Wildman–Crippen MR) is 132 cm³/mol. The van der Waals surface area contributed by atoms with E-state index in [-0.39, 0.29) is 30.3 Å². The number of nitrogens with one attached hydrogen (secondary N) is 1. The van der Waals surface area contributed by atoms with Crippen molar-refractivity contribution in [2.24, 2.45) is 11.7 Å². The number of rotatable bonds is 9. The highest BCUT2D eigenvalue weighted by Crippen LogP contribution is 2.21. The Morgan fingerprint density at radius 2 is 1.91 bits per heavy atom. The van der Waals surface area contributed by atoms with E-state index in [0.29, 0.717) is 61.4 Å². The number of nitrogens with zero attached hydrogens (tertiary/aromatic N) is 3. The minimum absolute atomic E-state index is 0.163. The van der Waals surface area contributed by atoms with Crippen LogP contribution < -0.4 is 11.1 Å². The standard InChI is InChI=1S/C24H33N5O4S/c1-16(2)17-4-6-19(7-5-17)26-24(32)29(12-13-33-3)14-21-27-20(15-34-21)23(31)28-10-8-18(9-11-28)22(25)30/h4-7,15-16,18H,8-14H2,1-3H3,(H2,25,30)(H,26,32). The number of carbonyl (C=O) groups is 3. The fourth-order valence-corrected chi connectivity index (χ4v) is 4.56. The van der Waals surface area contributed by atoms with Gasteiger partial charge in [0.15, 0.2) is 0 Å². The predicted octanol–water partition coefficient (Wildman–Crippen LogP) is 3.28. The van der Waals surface area contributed by atoms with E-state index in [2.05, 4.69) is 24.1 Å². The van der Waals surface area contributed by atoms with Gasteiger partial charge in [-0.1, -0.05) is 26.0 Å². The molecule has 184 valence electrons. The topological polar surface area (TPSA) is 118 Å². The van der Waals surface area contributed by atoms with Gasteiger partial charge in [-0.15, -0.1) is 11.3 Å². The average Bonchev–Trinajstić information content (AvgIpc) is 3.30. The van der Waals surface area contributed by atoms with Crippen molar-refractivity contribution >= 4 is 34.9 Å². The number of likely N-dealkylation sites (tertiary alicyclic amines) is 1. The number of methoxy groups -OCH3 is 1. The smallest absolute Gasteiger partial charge is 0.322 e. The highest BCUT2D eigenvalue weighted by atomic mass is 32.1. The van der Waals surface area contributed by atoms with Gasteiger partial charge in [-0.3, -0.25) is 9.59 Å². The Hall–Kier alpha value is -2.98. The molecule has 0 atom stereocenters. The number of carbonyl (C=O) groups excluding carboxylic acids is 3. The van der Waals surface area contributed by atoms with Crippen LogP contribution in [0.4, 0.5) is 10.5 Å². The van der Waals surface area contributed by atoms with E-state index < -0.39 is 0 Å². The van der Waals surface area contributed by atoms with Crippen molar-refractivity contribution in [3.63, 3.8) is 0 Å². The molecule has 3 N–H and O–H groups in total. The quantitative estimate of drug-likeness (QED) is 0.563. The molecule has 0 unspecified atom stereocenters. The molecule has 9 nitrogen and oxygen atoms in total. The molecule has 0 bridgehead atoms. The number of primary amides is 1. The lowest BCUT2D eigenvalue weighted by atomic mass is 9.96. The van der Waals surface area contributed by atoms with Gasteiger partial charge in [-0.25, -0.2) is 9.78 Å². The Morgan fingerprint density at radius 3 is 2.50 bits per heavy atom. The van der Waals surface area contributed by atoms with Crippen molar-refractivity contribution in [3.05, 3.63) is 45.9 Å². The first-order valence-corrected chi connectivity index (χ1v) is 12.3. The number of urea groups is 1. The van der Waals surface area contributed by atoms with Crippen LogP contribution in [0, 0.1) is 5.92 Å². The lowest BCUT2D eigenvalue weighted by Crippen LogP contribution is -2.41. The first kappa shape index (κ1) is 25.6. The van der Waals surface area contributed by atoms with E-state index in [9.17, 15) is 14.4 Å². The number of benzene rings is 1. The number of nitrogens with two attached hydrogens (primary N) is 1. The zero-order valence-electron chi connectivity index (χ0n) is 20.0. The molecule has 1 aromatic carbocycles. The summed E-state index contributed by atoms with van der Waals surface area (Å²) in [6, 6.07) is 7.54. The van der Waals surface area contributed by atoms with Crippen LogP contribution in [0.25, 0.3) is 0 Å². The molecule has 2 aromatic rings. The first-order valence-electron chi connectivity index (χ1n) is 11.5. The van der Waals surface area contributed by atoms with Gasteiger partial charge in [0.1, 0.15) is 10.7 Å². The third kappa shape index (κ3) is 6.77. The third-order valence-electron chi connectivity index (χ3n) is 5.96. The number of ether oxygens (including phenoxy) is 1. The zero-order valence-corrected chi connectivity index (χ0v) is 20.8. The lowest BCUT2D eigenvalue weighted by molar-refractivity contribution is -0.123. The van der Waals surface area contributed by atoms with Crippen LogP contribution in [0.3, 0.4) is 0 Å². The number of amides is 4. The van der Waals surface area contributed by atoms with Gasteiger partial charge in [-0.05, 0) is 36.5 Å². The molecule has 1 saturated heterocycles. The minimum atomic E-state index is -0.312. The van der Waals surface area contributed by atoms with Crippen molar-refractivity contribution in [1.29, 1.82) is 0 Å². The maximum Gasteiger partial charge on any atom is 0.322 e. The molecule has 34 heavy (non-hydrogen) atoms. The Balaban J connectivity index is 1.62. The molecule has 2 heterocycles. The number of piperidine rings is 1. The van der Waals surface area contributed by atoms with Gasteiger partial charge in [0.25, 0.3) is 5.91 Å². The number of hydrogen-bond acceptors (Lipinski definition) is 6. The Labute approximate surface area is 204 Å². The summed E-state index contributed by atoms with van der Waals surface area (Å²) in [5.74, 6) is -0.236. The Morgan fingerprint density at radius 1 is 1.24 bits per heavy atom. The van der Waals surface area contributed by atoms with E-state index in [1.165, 1.54) is 16.9 Å². The number of aromatic nitrogens is 1. The summed E-state index contributed by atoms with van der Waals surface area (Å²) in [5.41, 5.74) is 7.65. The van der Waals surface area contributed by atoms with E-state index in [1.807, 2.05) is 24.3 Å². The van der Waals surface area contributed by atoms with Crippen LogP contribution in [0.1, 0.15) is 53.7 Å². The lowest BCUT2D eigenvalue weighted by Gasteiger charge is -2.30. The van der Waals surface area contributed by atoms with Gasteiger partial charge in [-0.2, -0.15) is 0 Å². The van der Waals surface area contributed by atoms with Crippen LogP contribution in [0.5, 0.6) is 0 Å². The van der Waals surface area contributed by atoms with Crippen LogP contribution in [0.15, 0.2) is 29.6 Å². The van der Waals surface area contributed by atoms with Gasteiger partial charge in [0, 0.05) is 43.7 Å². The van der Waals surface area contributed by atoms with Crippen molar-refractivity contribution in [2.75, 3.05) is 38.7 Å². The van der Waals surface area contributed by atoms with Crippen molar-refractivity contribution in [3.8, 4) is 0 Å². The first-order chi connectivity index (χ1) is 16.3. The molecule has 1 aliphatic rings. The van der Waals surface area contributed by atoms with Crippen molar-refractivity contribution < 1.29 is 19.1 Å². The highest BCUT2D eigenvalue weighted by Gasteiger charge is 2.28. The van der Waals surface area contributed by atoms with Gasteiger partial charge >= 0.3 is 6.03 Å². The van der Waals surface area contributed by atoms with E-state index in [0.717, 1.165) is 0 Å². The molecule has 1 aromatic heterocycles. The maximum absolute atomic E-state index is 12.9. The Bertz CT molecular complexity index is 984. The molecule has 0 spiro atoms. The molecule has 0 saturated carbocycles. The van der Waals surface area contributed by atoms with Crippen molar-refractivity contribution in [2.45, 2.75) is 39.2 Å². The van der Waals surface area contributed by atoms with Crippen LogP contribution in [-0.2, 0) is 16.1 Å². The zero-order chi connectivity index (χ0) is 24.7. The molecule has 1 aliphatic heterocycles. The van der Waals surface area contributed by atoms with Crippen LogP contribution in [-0.4, -0.2) is 66.0 Å². The summed E-state index contributed by atoms with van der Waals surface area (Å²) in [5, 5.41) is 5.31. The largest absolute Gasteiger partial charge is 0.383 e. The van der Waals surface area contributed by atoms with Crippen LogP contribution >= 0.6 is 11.3 Å². The van der Waals surface area contributed by atoms with E-state index >= 15 is 0 Å². The number of thiazole rings is 1. The monoisotopic (exact) mass is 487 g/mol.